The first-order chi connectivity index (χ1) is 15.8. The number of pyridine rings is 1. The molecule has 8 nitrogen and oxygen atoms in total. The normalized spacial score (nSPS) is 14.8. The van der Waals surface area contributed by atoms with Crippen molar-refractivity contribution in [1.29, 1.82) is 0 Å². The summed E-state index contributed by atoms with van der Waals surface area (Å²) in [6, 6.07) is 8.78. The van der Waals surface area contributed by atoms with Crippen molar-refractivity contribution in [2.75, 3.05) is 11.1 Å². The Balaban J connectivity index is 1.47. The number of nitrogens with zero attached hydrogens (tertiary/aromatic N) is 3. The van der Waals surface area contributed by atoms with E-state index in [1.165, 1.54) is 22.9 Å². The van der Waals surface area contributed by atoms with Crippen molar-refractivity contribution < 1.29 is 13.6 Å². The number of hydrogen-bond acceptors (Lipinski definition) is 6. The van der Waals surface area contributed by atoms with E-state index < -0.39 is 12.5 Å². The average molecular weight is 454 g/mol. The second-order valence-electron chi connectivity index (χ2n) is 7.92. The van der Waals surface area contributed by atoms with Crippen LogP contribution in [-0.4, -0.2) is 20.4 Å². The number of aromatic nitrogens is 3. The lowest BCUT2D eigenvalue weighted by Crippen LogP contribution is -2.36. The van der Waals surface area contributed by atoms with E-state index >= 15 is 0 Å². The largest absolute Gasteiger partial charge is 0.384 e. The number of alkyl halides is 2. The van der Waals surface area contributed by atoms with Gasteiger partial charge < -0.3 is 16.4 Å². The van der Waals surface area contributed by atoms with Crippen molar-refractivity contribution in [3.05, 3.63) is 81.2 Å². The number of anilines is 2. The van der Waals surface area contributed by atoms with Crippen LogP contribution in [0.4, 0.5) is 20.3 Å². The third kappa shape index (κ3) is 4.84. The molecule has 10 heteroatoms. The van der Waals surface area contributed by atoms with Crippen molar-refractivity contribution in [3.63, 3.8) is 0 Å². The third-order valence-corrected chi connectivity index (χ3v) is 5.68. The Labute approximate surface area is 188 Å². The van der Waals surface area contributed by atoms with Crippen LogP contribution < -0.4 is 21.9 Å². The Bertz CT molecular complexity index is 1240. The van der Waals surface area contributed by atoms with E-state index in [-0.39, 0.29) is 35.8 Å². The lowest BCUT2D eigenvalue weighted by Gasteiger charge is -2.16. The predicted octanol–water partition coefficient (Wildman–Crippen LogP) is 2.88. The highest BCUT2D eigenvalue weighted by Crippen LogP contribution is 2.24. The number of halogens is 2. The first-order valence-electron chi connectivity index (χ1n) is 10.5. The number of nitrogens with one attached hydrogen (secondary N) is 2. The smallest absolute Gasteiger partial charge is 0.277 e. The zero-order valence-corrected chi connectivity index (χ0v) is 18.0. The van der Waals surface area contributed by atoms with Crippen LogP contribution in [0.1, 0.15) is 47.1 Å². The Morgan fingerprint density at radius 2 is 2.09 bits per heavy atom. The second-order valence-corrected chi connectivity index (χ2v) is 7.92. The maximum absolute atomic E-state index is 13.1. The van der Waals surface area contributed by atoms with E-state index in [1.807, 2.05) is 6.92 Å². The summed E-state index contributed by atoms with van der Waals surface area (Å²) in [5.41, 5.74) is 7.60. The minimum absolute atomic E-state index is 0.0821. The van der Waals surface area contributed by atoms with Crippen LogP contribution in [0, 0.1) is 6.92 Å². The molecule has 3 aromatic rings. The maximum Gasteiger partial charge on any atom is 0.277 e. The fraction of sp³-hybridized carbons (Fsp3) is 0.304. The number of rotatable bonds is 7. The molecule has 3 heterocycles. The Kier molecular flexibility index (Phi) is 6.34. The molecule has 0 spiro atoms. The highest BCUT2D eigenvalue weighted by Gasteiger charge is 2.31. The van der Waals surface area contributed by atoms with E-state index in [0.29, 0.717) is 30.0 Å². The van der Waals surface area contributed by atoms with Gasteiger partial charge in [0.2, 0.25) is 5.91 Å². The topological polar surface area (TPSA) is 115 Å². The molecule has 1 amide bonds. The molecule has 4 rings (SSSR count). The van der Waals surface area contributed by atoms with E-state index in [9.17, 15) is 18.4 Å². The Morgan fingerprint density at radius 3 is 2.85 bits per heavy atom. The molecule has 0 radical (unpaired) electrons. The predicted molar refractivity (Wildman–Crippen MR) is 120 cm³/mol. The number of hydrogen-bond donors (Lipinski definition) is 3. The highest BCUT2D eigenvalue weighted by atomic mass is 19.3. The molecular weight excluding hydrogens is 430 g/mol. The monoisotopic (exact) mass is 454 g/mol. The average Bonchev–Trinajstić information content (AvgIpc) is 3.23. The van der Waals surface area contributed by atoms with Gasteiger partial charge in [0.25, 0.3) is 12.0 Å². The standard InChI is InChI=1S/C23H24F2N6O2/c1-13-16(5-7-19(26)30-13)11-29-22(32)18-6-8-20-28-12-17(23(33)31(18)20)27-10-14-3-2-4-15(9-14)21(24)25/h2-5,7,9,12,18,21,27H,6,8,10-11H2,1H3,(H2,26,30)(H,29,32). The lowest BCUT2D eigenvalue weighted by molar-refractivity contribution is -0.124. The fourth-order valence-electron chi connectivity index (χ4n) is 3.91. The van der Waals surface area contributed by atoms with E-state index in [4.69, 9.17) is 5.73 Å². The molecule has 4 N–H and O–H groups in total. The molecule has 33 heavy (non-hydrogen) atoms. The number of carbonyl (C=O) groups is 1. The van der Waals surface area contributed by atoms with E-state index in [1.54, 1.807) is 24.3 Å². The second kappa shape index (κ2) is 9.35. The van der Waals surface area contributed by atoms with Gasteiger partial charge in [0, 0.05) is 30.8 Å². The Hall–Kier alpha value is -3.82. The van der Waals surface area contributed by atoms with Crippen LogP contribution in [0.2, 0.25) is 0 Å². The molecular formula is C23H24F2N6O2. The zero-order valence-electron chi connectivity index (χ0n) is 18.0. The van der Waals surface area contributed by atoms with Crippen molar-refractivity contribution in [3.8, 4) is 0 Å². The van der Waals surface area contributed by atoms with Gasteiger partial charge in [0.15, 0.2) is 0 Å². The van der Waals surface area contributed by atoms with Crippen molar-refractivity contribution in [2.45, 2.75) is 45.3 Å². The minimum atomic E-state index is -2.57. The van der Waals surface area contributed by atoms with Crippen molar-refractivity contribution >= 4 is 17.4 Å². The van der Waals surface area contributed by atoms with Gasteiger partial charge >= 0.3 is 0 Å². The zero-order chi connectivity index (χ0) is 23.5. The van der Waals surface area contributed by atoms with Crippen LogP contribution in [0.25, 0.3) is 0 Å². The third-order valence-electron chi connectivity index (χ3n) is 5.68. The first kappa shape index (κ1) is 22.4. The summed E-state index contributed by atoms with van der Waals surface area (Å²) in [4.78, 5) is 34.5. The molecule has 172 valence electrons. The van der Waals surface area contributed by atoms with Gasteiger partial charge in [-0.1, -0.05) is 24.3 Å². The fourth-order valence-corrected chi connectivity index (χ4v) is 3.91. The van der Waals surface area contributed by atoms with Gasteiger partial charge in [-0.3, -0.25) is 14.2 Å². The highest BCUT2D eigenvalue weighted by molar-refractivity contribution is 5.81. The van der Waals surface area contributed by atoms with Crippen LogP contribution in [0.5, 0.6) is 0 Å². The Morgan fingerprint density at radius 1 is 1.27 bits per heavy atom. The number of amides is 1. The van der Waals surface area contributed by atoms with Gasteiger partial charge in [-0.15, -0.1) is 0 Å². The number of nitrogens with two attached hydrogens (primary N) is 1. The summed E-state index contributed by atoms with van der Waals surface area (Å²) in [6.45, 7) is 2.26. The van der Waals surface area contributed by atoms with Gasteiger partial charge in [0.1, 0.15) is 23.4 Å². The van der Waals surface area contributed by atoms with Crippen LogP contribution in [0.15, 0.2) is 47.4 Å². The SMILES string of the molecule is Cc1nc(N)ccc1CNC(=O)C1CCc2ncc(NCc3cccc(C(F)F)c3)c(=O)n21. The number of aryl methyl sites for hydroxylation is 2. The molecule has 1 atom stereocenters. The number of carbonyl (C=O) groups excluding carboxylic acids is 1. The summed E-state index contributed by atoms with van der Waals surface area (Å²) >= 11 is 0. The van der Waals surface area contributed by atoms with E-state index in [2.05, 4.69) is 20.6 Å². The number of benzene rings is 1. The minimum Gasteiger partial charge on any atom is -0.384 e. The molecule has 1 unspecified atom stereocenters. The van der Waals surface area contributed by atoms with Gasteiger partial charge in [0.05, 0.1) is 6.20 Å². The van der Waals surface area contributed by atoms with Gasteiger partial charge in [-0.2, -0.15) is 0 Å². The molecule has 0 saturated heterocycles. The van der Waals surface area contributed by atoms with Crippen LogP contribution >= 0.6 is 0 Å². The lowest BCUT2D eigenvalue weighted by atomic mass is 10.1. The molecule has 0 fully saturated rings. The van der Waals surface area contributed by atoms with Crippen molar-refractivity contribution in [2.24, 2.45) is 0 Å². The van der Waals surface area contributed by atoms with Gasteiger partial charge in [-0.05, 0) is 36.6 Å². The molecule has 1 aliphatic rings. The van der Waals surface area contributed by atoms with Crippen LogP contribution in [-0.2, 0) is 24.3 Å². The number of nitrogen functional groups attached to an aromatic ring is 1. The summed E-state index contributed by atoms with van der Waals surface area (Å²) in [7, 11) is 0. The summed E-state index contributed by atoms with van der Waals surface area (Å²) in [5, 5.41) is 5.83. The maximum atomic E-state index is 13.1. The first-order valence-corrected chi connectivity index (χ1v) is 10.5. The molecule has 1 aliphatic heterocycles. The molecule has 0 aliphatic carbocycles. The number of fused-ring (bicyclic) bond motifs is 1. The molecule has 0 bridgehead atoms. The quantitative estimate of drug-likeness (QED) is 0.506. The van der Waals surface area contributed by atoms with E-state index in [0.717, 1.165) is 11.3 Å². The van der Waals surface area contributed by atoms with Crippen molar-refractivity contribution in [1.82, 2.24) is 19.9 Å². The molecule has 2 aromatic heterocycles. The van der Waals surface area contributed by atoms with Gasteiger partial charge in [-0.25, -0.2) is 18.7 Å². The molecule has 0 saturated carbocycles. The summed E-state index contributed by atoms with van der Waals surface area (Å²) in [6.07, 6.45) is -0.168. The summed E-state index contributed by atoms with van der Waals surface area (Å²) < 4.78 is 27.3. The summed E-state index contributed by atoms with van der Waals surface area (Å²) in [5.74, 6) is 0.664. The molecule has 1 aromatic carbocycles. The van der Waals surface area contributed by atoms with Crippen LogP contribution in [0.3, 0.4) is 0 Å².